The van der Waals surface area contributed by atoms with E-state index in [-0.39, 0.29) is 5.57 Å². The molecule has 0 radical (unpaired) electrons. The molecule has 1 aromatic carbocycles. The summed E-state index contributed by atoms with van der Waals surface area (Å²) < 4.78 is 29.1. The molecule has 8 heteroatoms. The summed E-state index contributed by atoms with van der Waals surface area (Å²) in [5, 5.41) is 9.00. The van der Waals surface area contributed by atoms with Gasteiger partial charge in [-0.25, -0.2) is 17.9 Å². The van der Waals surface area contributed by atoms with Crippen molar-refractivity contribution in [1.29, 1.82) is 5.26 Å². The van der Waals surface area contributed by atoms with Crippen molar-refractivity contribution in [3.8, 4) is 6.07 Å². The minimum Gasteiger partial charge on any atom is -0.465 e. The van der Waals surface area contributed by atoms with Crippen molar-refractivity contribution in [3.05, 3.63) is 34.9 Å². The number of carbonyl (C=O) groups excluding carboxylic acids is 1. The van der Waals surface area contributed by atoms with E-state index >= 15 is 0 Å². The lowest BCUT2D eigenvalue weighted by atomic mass is 10.0. The largest absolute Gasteiger partial charge is 0.465 e. The molecule has 0 aliphatic rings. The molecule has 0 bridgehead atoms. The molecule has 24 heavy (non-hydrogen) atoms. The molecule has 0 fully saturated rings. The first-order valence-corrected chi connectivity index (χ1v) is 9.03. The highest BCUT2D eigenvalue weighted by atomic mass is 32.2. The number of aryl methyl sites for hydroxylation is 1. The first kappa shape index (κ1) is 19.7. The van der Waals surface area contributed by atoms with Gasteiger partial charge in [0, 0.05) is 25.8 Å². The van der Waals surface area contributed by atoms with Crippen molar-refractivity contribution >= 4 is 27.8 Å². The number of likely N-dealkylation sites (N-methyl/N-ethyl adjacent to an activating group) is 1. The van der Waals surface area contributed by atoms with Gasteiger partial charge in [-0.2, -0.15) is 5.26 Å². The Hall–Kier alpha value is -2.37. The van der Waals surface area contributed by atoms with E-state index in [0.717, 1.165) is 23.1 Å². The van der Waals surface area contributed by atoms with Gasteiger partial charge in [0.15, 0.2) is 0 Å². The third-order valence-corrected chi connectivity index (χ3v) is 4.06. The van der Waals surface area contributed by atoms with E-state index in [9.17, 15) is 13.2 Å². The van der Waals surface area contributed by atoms with Gasteiger partial charge in [-0.1, -0.05) is 6.07 Å². The molecule has 0 saturated carbocycles. The van der Waals surface area contributed by atoms with Gasteiger partial charge in [0.1, 0.15) is 11.6 Å². The second-order valence-corrected chi connectivity index (χ2v) is 7.12. The molecule has 0 aromatic heterocycles. The number of nitrogens with zero attached hydrogens (tertiary/aromatic N) is 2. The fourth-order valence-corrected chi connectivity index (χ4v) is 2.45. The zero-order chi connectivity index (χ0) is 18.3. The number of benzene rings is 1. The average molecular weight is 351 g/mol. The smallest absolute Gasteiger partial charge is 0.348 e. The second kappa shape index (κ2) is 8.47. The monoisotopic (exact) mass is 351 g/mol. The van der Waals surface area contributed by atoms with Crippen molar-refractivity contribution in [2.75, 3.05) is 38.4 Å². The Labute approximate surface area is 142 Å². The molecule has 1 rings (SSSR count). The number of hydrogen-bond donors (Lipinski definition) is 1. The lowest BCUT2D eigenvalue weighted by Crippen LogP contribution is -2.32. The summed E-state index contributed by atoms with van der Waals surface area (Å²) >= 11 is 0. The van der Waals surface area contributed by atoms with Crippen LogP contribution in [0.5, 0.6) is 0 Å². The third-order valence-electron chi connectivity index (χ3n) is 3.33. The molecule has 1 aromatic rings. The fourth-order valence-electron chi connectivity index (χ4n) is 1.99. The number of rotatable bonds is 7. The Morgan fingerprint density at radius 1 is 1.46 bits per heavy atom. The number of anilines is 1. The van der Waals surface area contributed by atoms with Crippen molar-refractivity contribution in [2.45, 2.75) is 6.92 Å². The average Bonchev–Trinajstić information content (AvgIpc) is 2.51. The molecular weight excluding hydrogens is 330 g/mol. The van der Waals surface area contributed by atoms with Gasteiger partial charge in [-0.15, -0.1) is 0 Å². The first-order valence-electron chi connectivity index (χ1n) is 7.14. The maximum absolute atomic E-state index is 11.5. The SMILES string of the molecule is COC(=O)/C(C#N)=C\c1ccc(N(C)CCNS(C)(=O)=O)cc1C. The molecule has 130 valence electrons. The molecule has 0 amide bonds. The quantitative estimate of drug-likeness (QED) is 0.448. The summed E-state index contributed by atoms with van der Waals surface area (Å²) in [4.78, 5) is 13.4. The number of nitriles is 1. The molecular formula is C16H21N3O4S. The molecule has 0 aliphatic heterocycles. The zero-order valence-electron chi connectivity index (χ0n) is 14.2. The molecule has 1 N–H and O–H groups in total. The summed E-state index contributed by atoms with van der Waals surface area (Å²) in [5.41, 5.74) is 2.45. The number of ether oxygens (including phenoxy) is 1. The van der Waals surface area contributed by atoms with E-state index in [1.807, 2.05) is 37.1 Å². The summed E-state index contributed by atoms with van der Waals surface area (Å²) in [6.45, 7) is 2.68. The van der Waals surface area contributed by atoms with Gasteiger partial charge in [0.2, 0.25) is 10.0 Å². The van der Waals surface area contributed by atoms with Crippen LogP contribution < -0.4 is 9.62 Å². The van der Waals surface area contributed by atoms with E-state index < -0.39 is 16.0 Å². The Morgan fingerprint density at radius 3 is 2.62 bits per heavy atom. The maximum Gasteiger partial charge on any atom is 0.348 e. The number of methoxy groups -OCH3 is 1. The van der Waals surface area contributed by atoms with Crippen LogP contribution in [0.3, 0.4) is 0 Å². The van der Waals surface area contributed by atoms with Gasteiger partial charge in [0.25, 0.3) is 0 Å². The van der Waals surface area contributed by atoms with Crippen LogP contribution in [-0.2, 0) is 19.6 Å². The maximum atomic E-state index is 11.5. The van der Waals surface area contributed by atoms with E-state index in [1.165, 1.54) is 13.2 Å². The normalized spacial score (nSPS) is 11.7. The summed E-state index contributed by atoms with van der Waals surface area (Å²) in [6, 6.07) is 7.36. The lowest BCUT2D eigenvalue weighted by molar-refractivity contribution is -0.135. The van der Waals surface area contributed by atoms with Gasteiger partial charge in [-0.3, -0.25) is 0 Å². The second-order valence-electron chi connectivity index (χ2n) is 5.29. The Balaban J connectivity index is 2.90. The minimum atomic E-state index is -3.20. The predicted octanol–water partition coefficient (Wildman–Crippen LogP) is 1.06. The van der Waals surface area contributed by atoms with Crippen LogP contribution in [0.15, 0.2) is 23.8 Å². The van der Waals surface area contributed by atoms with Crippen LogP contribution in [0.1, 0.15) is 11.1 Å². The van der Waals surface area contributed by atoms with Crippen LogP contribution in [0.2, 0.25) is 0 Å². The lowest BCUT2D eigenvalue weighted by Gasteiger charge is -2.20. The molecule has 0 atom stereocenters. The van der Waals surface area contributed by atoms with Gasteiger partial charge in [0.05, 0.1) is 13.4 Å². The number of nitrogens with one attached hydrogen (secondary N) is 1. The summed E-state index contributed by atoms with van der Waals surface area (Å²) in [5.74, 6) is -0.676. The van der Waals surface area contributed by atoms with E-state index in [1.54, 1.807) is 6.07 Å². The van der Waals surface area contributed by atoms with Crippen LogP contribution in [0.25, 0.3) is 6.08 Å². The van der Waals surface area contributed by atoms with Crippen molar-refractivity contribution < 1.29 is 17.9 Å². The van der Waals surface area contributed by atoms with Crippen LogP contribution in [0.4, 0.5) is 5.69 Å². The van der Waals surface area contributed by atoms with E-state index in [0.29, 0.717) is 13.1 Å². The highest BCUT2D eigenvalue weighted by Crippen LogP contribution is 2.20. The Morgan fingerprint density at radius 2 is 2.12 bits per heavy atom. The predicted molar refractivity (Wildman–Crippen MR) is 92.9 cm³/mol. The third kappa shape index (κ3) is 6.02. The van der Waals surface area contributed by atoms with Gasteiger partial charge < -0.3 is 9.64 Å². The molecule has 0 saturated heterocycles. The van der Waals surface area contributed by atoms with Crippen LogP contribution in [0, 0.1) is 18.3 Å². The van der Waals surface area contributed by atoms with Crippen molar-refractivity contribution in [3.63, 3.8) is 0 Å². The highest BCUT2D eigenvalue weighted by molar-refractivity contribution is 7.88. The molecule has 0 spiro atoms. The number of sulfonamides is 1. The van der Waals surface area contributed by atoms with Crippen molar-refractivity contribution in [2.24, 2.45) is 0 Å². The van der Waals surface area contributed by atoms with Gasteiger partial charge in [-0.05, 0) is 36.3 Å². The summed E-state index contributed by atoms with van der Waals surface area (Å²) in [6.07, 6.45) is 2.60. The molecule has 7 nitrogen and oxygen atoms in total. The van der Waals surface area contributed by atoms with Crippen LogP contribution >= 0.6 is 0 Å². The molecule has 0 unspecified atom stereocenters. The zero-order valence-corrected chi connectivity index (χ0v) is 15.0. The number of hydrogen-bond acceptors (Lipinski definition) is 6. The number of esters is 1. The number of carbonyl (C=O) groups is 1. The van der Waals surface area contributed by atoms with Gasteiger partial charge >= 0.3 is 5.97 Å². The Bertz CT molecular complexity index is 779. The van der Waals surface area contributed by atoms with Crippen molar-refractivity contribution in [1.82, 2.24) is 4.72 Å². The fraction of sp³-hybridized carbons (Fsp3) is 0.375. The van der Waals surface area contributed by atoms with Crippen LogP contribution in [-0.4, -0.2) is 47.9 Å². The molecule has 0 heterocycles. The van der Waals surface area contributed by atoms with E-state index in [2.05, 4.69) is 9.46 Å². The summed E-state index contributed by atoms with van der Waals surface area (Å²) in [7, 11) is -0.127. The van der Waals surface area contributed by atoms with E-state index in [4.69, 9.17) is 5.26 Å². The first-order chi connectivity index (χ1) is 11.2. The molecule has 0 aliphatic carbocycles. The Kier molecular flexibility index (Phi) is 6.95. The highest BCUT2D eigenvalue weighted by Gasteiger charge is 2.10. The minimum absolute atomic E-state index is 0.0703. The topological polar surface area (TPSA) is 99.5 Å². The standard InChI is InChI=1S/C16H21N3O4S/c1-12-9-15(19(2)8-7-18-24(4,21)22)6-5-13(12)10-14(11-17)16(20)23-3/h5-6,9-10,18H,7-8H2,1-4H3/b14-10-.